The first-order chi connectivity index (χ1) is 10.7. The van der Waals surface area contributed by atoms with Crippen LogP contribution in [0.15, 0.2) is 52.0 Å². The van der Waals surface area contributed by atoms with E-state index in [0.29, 0.717) is 0 Å². The lowest BCUT2D eigenvalue weighted by Gasteiger charge is -2.17. The summed E-state index contributed by atoms with van der Waals surface area (Å²) >= 11 is 3.45. The summed E-state index contributed by atoms with van der Waals surface area (Å²) in [6.07, 6.45) is 0.811. The number of rotatable bonds is 4. The zero-order chi connectivity index (χ0) is 15.5. The first-order valence-electron chi connectivity index (χ1n) is 7.02. The zero-order valence-corrected chi connectivity index (χ0v) is 14.1. The van der Waals surface area contributed by atoms with Crippen LogP contribution in [-0.4, -0.2) is 19.9 Å². The number of halogens is 1. The number of nitrogens with zero attached hydrogens (tertiary/aromatic N) is 1. The molecule has 1 unspecified atom stereocenters. The lowest BCUT2D eigenvalue weighted by molar-refractivity contribution is 0.348. The molecular formula is C17H17BrN2O2. The van der Waals surface area contributed by atoms with Crippen LogP contribution in [0.2, 0.25) is 0 Å². The van der Waals surface area contributed by atoms with Gasteiger partial charge in [0.05, 0.1) is 26.0 Å². The van der Waals surface area contributed by atoms with Crippen LogP contribution in [0.25, 0.3) is 0 Å². The lowest BCUT2D eigenvalue weighted by atomic mass is 9.98. The minimum atomic E-state index is 0.0868. The van der Waals surface area contributed by atoms with Crippen LogP contribution in [-0.2, 0) is 0 Å². The number of para-hydroxylation sites is 1. The van der Waals surface area contributed by atoms with E-state index in [1.165, 1.54) is 0 Å². The molecule has 114 valence electrons. The van der Waals surface area contributed by atoms with E-state index in [9.17, 15) is 0 Å². The summed E-state index contributed by atoms with van der Waals surface area (Å²) in [5, 5.41) is 4.48. The second kappa shape index (κ2) is 6.40. The predicted octanol–water partition coefficient (Wildman–Crippen LogP) is 3.91. The first kappa shape index (κ1) is 14.9. The van der Waals surface area contributed by atoms with Gasteiger partial charge in [0.2, 0.25) is 0 Å². The van der Waals surface area contributed by atoms with Crippen LogP contribution in [0.1, 0.15) is 23.6 Å². The van der Waals surface area contributed by atoms with Gasteiger partial charge in [0.1, 0.15) is 0 Å². The van der Waals surface area contributed by atoms with Crippen LogP contribution in [0.4, 0.5) is 0 Å². The van der Waals surface area contributed by atoms with Crippen molar-refractivity contribution >= 4 is 21.6 Å². The Hall–Kier alpha value is -2.01. The van der Waals surface area contributed by atoms with Gasteiger partial charge in [-0.05, 0) is 23.8 Å². The van der Waals surface area contributed by atoms with Crippen molar-refractivity contribution in [3.05, 3.63) is 58.1 Å². The third-order valence-electron chi connectivity index (χ3n) is 3.74. The lowest BCUT2D eigenvalue weighted by Crippen LogP contribution is -2.11. The highest BCUT2D eigenvalue weighted by atomic mass is 79.9. The molecule has 3 rings (SSSR count). The van der Waals surface area contributed by atoms with Gasteiger partial charge in [-0.25, -0.2) is 0 Å². The topological polar surface area (TPSA) is 42.8 Å². The molecule has 1 aliphatic heterocycles. The van der Waals surface area contributed by atoms with E-state index >= 15 is 0 Å². The van der Waals surface area contributed by atoms with Crippen molar-refractivity contribution in [1.82, 2.24) is 5.43 Å². The standard InChI is InChI=1S/C17H17BrN2O2/c1-21-16-5-3-4-13(17(16)22-2)15-10-14(19-20-15)11-6-8-12(18)9-7-11/h3-9,15,20H,10H2,1-2H3. The maximum atomic E-state index is 5.51. The molecular weight excluding hydrogens is 344 g/mol. The molecule has 22 heavy (non-hydrogen) atoms. The van der Waals surface area contributed by atoms with Gasteiger partial charge in [-0.3, -0.25) is 0 Å². The molecule has 2 aromatic carbocycles. The molecule has 0 saturated heterocycles. The molecule has 2 aromatic rings. The number of ether oxygens (including phenoxy) is 2. The van der Waals surface area contributed by atoms with E-state index in [0.717, 1.165) is 39.2 Å². The summed E-state index contributed by atoms with van der Waals surface area (Å²) in [7, 11) is 3.31. The highest BCUT2D eigenvalue weighted by Crippen LogP contribution is 2.37. The number of methoxy groups -OCH3 is 2. The Morgan fingerprint density at radius 2 is 1.86 bits per heavy atom. The van der Waals surface area contributed by atoms with Crippen molar-refractivity contribution in [3.63, 3.8) is 0 Å². The molecule has 1 aliphatic rings. The van der Waals surface area contributed by atoms with Gasteiger partial charge in [-0.2, -0.15) is 5.10 Å². The Morgan fingerprint density at radius 3 is 2.55 bits per heavy atom. The van der Waals surface area contributed by atoms with Gasteiger partial charge >= 0.3 is 0 Å². The Kier molecular flexibility index (Phi) is 4.34. The zero-order valence-electron chi connectivity index (χ0n) is 12.5. The number of hydrogen-bond acceptors (Lipinski definition) is 4. The summed E-state index contributed by atoms with van der Waals surface area (Å²) in [6.45, 7) is 0. The van der Waals surface area contributed by atoms with E-state index in [1.807, 2.05) is 30.3 Å². The highest BCUT2D eigenvalue weighted by Gasteiger charge is 2.25. The quantitative estimate of drug-likeness (QED) is 0.898. The number of hydrazone groups is 1. The molecule has 4 nitrogen and oxygen atoms in total. The maximum absolute atomic E-state index is 5.51. The van der Waals surface area contributed by atoms with E-state index in [4.69, 9.17) is 9.47 Å². The van der Waals surface area contributed by atoms with Gasteiger partial charge < -0.3 is 14.9 Å². The van der Waals surface area contributed by atoms with Crippen molar-refractivity contribution < 1.29 is 9.47 Å². The van der Waals surface area contributed by atoms with Gasteiger partial charge in [-0.15, -0.1) is 0 Å². The second-order valence-electron chi connectivity index (χ2n) is 5.03. The number of benzene rings is 2. The second-order valence-corrected chi connectivity index (χ2v) is 5.95. The van der Waals surface area contributed by atoms with Crippen molar-refractivity contribution in [1.29, 1.82) is 0 Å². The molecule has 0 amide bonds. The number of nitrogens with one attached hydrogen (secondary N) is 1. The summed E-state index contributed by atoms with van der Waals surface area (Å²) in [4.78, 5) is 0. The smallest absolute Gasteiger partial charge is 0.166 e. The third kappa shape index (κ3) is 2.81. The van der Waals surface area contributed by atoms with Crippen LogP contribution in [0.3, 0.4) is 0 Å². The third-order valence-corrected chi connectivity index (χ3v) is 4.27. The van der Waals surface area contributed by atoms with Crippen molar-refractivity contribution in [2.24, 2.45) is 5.10 Å². The van der Waals surface area contributed by atoms with E-state index in [1.54, 1.807) is 14.2 Å². The maximum Gasteiger partial charge on any atom is 0.166 e. The minimum absolute atomic E-state index is 0.0868. The Labute approximate surface area is 138 Å². The molecule has 0 aromatic heterocycles. The molecule has 1 N–H and O–H groups in total. The normalized spacial score (nSPS) is 16.9. The Bertz CT molecular complexity index is 698. The molecule has 1 heterocycles. The van der Waals surface area contributed by atoms with Gasteiger partial charge in [-0.1, -0.05) is 40.2 Å². The summed E-state index contributed by atoms with van der Waals surface area (Å²) in [5.41, 5.74) is 6.43. The molecule has 5 heteroatoms. The minimum Gasteiger partial charge on any atom is -0.493 e. The summed E-state index contributed by atoms with van der Waals surface area (Å²) in [5.74, 6) is 1.49. The molecule has 1 atom stereocenters. The Morgan fingerprint density at radius 1 is 1.09 bits per heavy atom. The average molecular weight is 361 g/mol. The molecule has 0 radical (unpaired) electrons. The van der Waals surface area contributed by atoms with Crippen LogP contribution in [0, 0.1) is 0 Å². The predicted molar refractivity (Wildman–Crippen MR) is 90.7 cm³/mol. The monoisotopic (exact) mass is 360 g/mol. The molecule has 0 fully saturated rings. The van der Waals surface area contributed by atoms with E-state index < -0.39 is 0 Å². The average Bonchev–Trinajstić information content (AvgIpc) is 3.04. The largest absolute Gasteiger partial charge is 0.493 e. The Balaban J connectivity index is 1.84. The van der Waals surface area contributed by atoms with E-state index in [-0.39, 0.29) is 6.04 Å². The SMILES string of the molecule is COc1cccc(C2CC(c3ccc(Br)cc3)=NN2)c1OC. The summed E-state index contributed by atoms with van der Waals surface area (Å²) in [6, 6.07) is 14.2. The van der Waals surface area contributed by atoms with Crippen LogP contribution >= 0.6 is 15.9 Å². The van der Waals surface area contributed by atoms with Crippen LogP contribution < -0.4 is 14.9 Å². The van der Waals surface area contributed by atoms with Gasteiger partial charge in [0, 0.05) is 16.5 Å². The van der Waals surface area contributed by atoms with Crippen molar-refractivity contribution in [3.8, 4) is 11.5 Å². The van der Waals surface area contributed by atoms with E-state index in [2.05, 4.69) is 38.6 Å². The molecule has 0 saturated carbocycles. The van der Waals surface area contributed by atoms with Crippen molar-refractivity contribution in [2.45, 2.75) is 12.5 Å². The highest BCUT2D eigenvalue weighted by molar-refractivity contribution is 9.10. The fourth-order valence-corrected chi connectivity index (χ4v) is 2.90. The van der Waals surface area contributed by atoms with Gasteiger partial charge in [0.25, 0.3) is 0 Å². The fraction of sp³-hybridized carbons (Fsp3) is 0.235. The fourth-order valence-electron chi connectivity index (χ4n) is 2.63. The van der Waals surface area contributed by atoms with Crippen molar-refractivity contribution in [2.75, 3.05) is 14.2 Å². The van der Waals surface area contributed by atoms with Crippen LogP contribution in [0.5, 0.6) is 11.5 Å². The summed E-state index contributed by atoms with van der Waals surface area (Å²) < 4.78 is 11.9. The number of hydrogen-bond donors (Lipinski definition) is 1. The first-order valence-corrected chi connectivity index (χ1v) is 7.81. The molecule has 0 bridgehead atoms. The molecule has 0 aliphatic carbocycles. The van der Waals surface area contributed by atoms with Gasteiger partial charge in [0.15, 0.2) is 11.5 Å². The molecule has 0 spiro atoms.